The summed E-state index contributed by atoms with van der Waals surface area (Å²) in [5, 5.41) is 0. The first-order chi connectivity index (χ1) is 10.6. The van der Waals surface area contributed by atoms with Crippen LogP contribution in [-0.4, -0.2) is 30.7 Å². The van der Waals surface area contributed by atoms with Crippen molar-refractivity contribution < 1.29 is 23.9 Å². The van der Waals surface area contributed by atoms with Crippen molar-refractivity contribution in [3.8, 4) is 5.75 Å². The molecule has 2 aliphatic rings. The number of Topliss-reactive ketones (excluding diaryl/α,β-unsaturated/α-hetero) is 2. The molecule has 0 unspecified atom stereocenters. The SMILES string of the molecule is CC1=C2CCOC(=O)CCCOc3cccc(c3C2=O)C1=O. The van der Waals surface area contributed by atoms with Crippen LogP contribution in [0.2, 0.25) is 0 Å². The minimum absolute atomic E-state index is 0.114. The number of fused-ring (bicyclic) bond motifs is 1. The monoisotopic (exact) mass is 300 g/mol. The zero-order valence-electron chi connectivity index (χ0n) is 12.3. The van der Waals surface area contributed by atoms with Gasteiger partial charge in [-0.1, -0.05) is 12.1 Å². The highest BCUT2D eigenvalue weighted by atomic mass is 16.5. The number of esters is 1. The van der Waals surface area contributed by atoms with E-state index in [0.717, 1.165) is 0 Å². The Bertz CT molecular complexity index is 699. The Balaban J connectivity index is 2.09. The van der Waals surface area contributed by atoms with Gasteiger partial charge in [0.2, 0.25) is 0 Å². The molecule has 1 aromatic carbocycles. The van der Waals surface area contributed by atoms with E-state index in [4.69, 9.17) is 9.47 Å². The smallest absolute Gasteiger partial charge is 0.305 e. The molecule has 0 saturated carbocycles. The number of benzene rings is 1. The fraction of sp³-hybridized carbons (Fsp3) is 0.353. The summed E-state index contributed by atoms with van der Waals surface area (Å²) in [6.07, 6.45) is 1.03. The molecule has 22 heavy (non-hydrogen) atoms. The maximum absolute atomic E-state index is 12.7. The molecule has 0 amide bonds. The van der Waals surface area contributed by atoms with E-state index < -0.39 is 0 Å². The molecular formula is C17H16O5. The Morgan fingerprint density at radius 1 is 0.955 bits per heavy atom. The third kappa shape index (κ3) is 2.43. The van der Waals surface area contributed by atoms with Gasteiger partial charge in [0.15, 0.2) is 11.6 Å². The molecule has 1 aliphatic carbocycles. The summed E-state index contributed by atoms with van der Waals surface area (Å²) < 4.78 is 10.7. The number of cyclic esters (lactones) is 1. The lowest BCUT2D eigenvalue weighted by atomic mass is 9.83. The molecule has 0 saturated heterocycles. The van der Waals surface area contributed by atoms with Crippen LogP contribution < -0.4 is 4.74 Å². The summed E-state index contributed by atoms with van der Waals surface area (Å²) in [5.41, 5.74) is 1.54. The van der Waals surface area contributed by atoms with Crippen LogP contribution in [0.1, 0.15) is 46.9 Å². The fourth-order valence-corrected chi connectivity index (χ4v) is 2.77. The second kappa shape index (κ2) is 5.75. The molecule has 1 heterocycles. The Kier molecular flexibility index (Phi) is 3.79. The summed E-state index contributed by atoms with van der Waals surface area (Å²) in [4.78, 5) is 36.7. The van der Waals surface area contributed by atoms with E-state index in [1.165, 1.54) is 0 Å². The lowest BCUT2D eigenvalue weighted by molar-refractivity contribution is -0.143. The quantitative estimate of drug-likeness (QED) is 0.688. The molecule has 3 rings (SSSR count). The molecule has 0 N–H and O–H groups in total. The van der Waals surface area contributed by atoms with Gasteiger partial charge in [-0.15, -0.1) is 0 Å². The highest BCUT2D eigenvalue weighted by molar-refractivity contribution is 6.27. The number of rotatable bonds is 0. The predicted molar refractivity (Wildman–Crippen MR) is 78.1 cm³/mol. The van der Waals surface area contributed by atoms with E-state index in [9.17, 15) is 14.4 Å². The van der Waals surface area contributed by atoms with Gasteiger partial charge < -0.3 is 9.47 Å². The van der Waals surface area contributed by atoms with Crippen LogP contribution in [0.4, 0.5) is 0 Å². The second-order valence-corrected chi connectivity index (χ2v) is 5.36. The minimum Gasteiger partial charge on any atom is -0.493 e. The summed E-state index contributed by atoms with van der Waals surface area (Å²) >= 11 is 0. The summed E-state index contributed by atoms with van der Waals surface area (Å²) in [6, 6.07) is 5.04. The molecule has 114 valence electrons. The van der Waals surface area contributed by atoms with E-state index in [-0.39, 0.29) is 37.0 Å². The van der Waals surface area contributed by atoms with E-state index in [1.807, 2.05) is 0 Å². The molecule has 5 nitrogen and oxygen atoms in total. The van der Waals surface area contributed by atoms with Gasteiger partial charge in [-0.05, 0) is 19.4 Å². The van der Waals surface area contributed by atoms with Crippen LogP contribution in [0, 0.1) is 0 Å². The average Bonchev–Trinajstić information content (AvgIpc) is 2.51. The predicted octanol–water partition coefficient (Wildman–Crippen LogP) is 2.49. The van der Waals surface area contributed by atoms with Crippen LogP contribution in [0.5, 0.6) is 5.75 Å². The van der Waals surface area contributed by atoms with E-state index in [1.54, 1.807) is 25.1 Å². The number of hydrogen-bond donors (Lipinski definition) is 0. The first-order valence-electron chi connectivity index (χ1n) is 7.30. The van der Waals surface area contributed by atoms with Gasteiger partial charge in [0, 0.05) is 29.6 Å². The zero-order chi connectivity index (χ0) is 15.7. The number of allylic oxidation sites excluding steroid dienone is 1. The van der Waals surface area contributed by atoms with Gasteiger partial charge in [-0.25, -0.2) is 0 Å². The van der Waals surface area contributed by atoms with Crippen LogP contribution >= 0.6 is 0 Å². The Morgan fingerprint density at radius 2 is 1.77 bits per heavy atom. The van der Waals surface area contributed by atoms with Crippen molar-refractivity contribution in [3.05, 3.63) is 40.5 Å². The standard InChI is InChI=1S/C17H16O5/c1-10-11-7-9-22-14(18)6-3-8-21-13-5-2-4-12(16(10)19)15(13)17(11)20/h2,4-5H,3,6-9H2,1H3. The van der Waals surface area contributed by atoms with Crippen LogP contribution in [0.3, 0.4) is 0 Å². The molecule has 2 bridgehead atoms. The summed E-state index contributed by atoms with van der Waals surface area (Å²) in [7, 11) is 0. The number of ether oxygens (including phenoxy) is 2. The molecular weight excluding hydrogens is 284 g/mol. The topological polar surface area (TPSA) is 69.7 Å². The van der Waals surface area contributed by atoms with Crippen LogP contribution in [0.15, 0.2) is 29.3 Å². The van der Waals surface area contributed by atoms with Crippen molar-refractivity contribution in [2.75, 3.05) is 13.2 Å². The lowest BCUT2D eigenvalue weighted by Crippen LogP contribution is -2.24. The number of hydrogen-bond acceptors (Lipinski definition) is 5. The molecule has 0 spiro atoms. The van der Waals surface area contributed by atoms with Crippen molar-refractivity contribution in [1.29, 1.82) is 0 Å². The van der Waals surface area contributed by atoms with Gasteiger partial charge >= 0.3 is 5.97 Å². The van der Waals surface area contributed by atoms with Crippen LogP contribution in [-0.2, 0) is 9.53 Å². The van der Waals surface area contributed by atoms with Gasteiger partial charge in [0.1, 0.15) is 5.75 Å². The summed E-state index contributed by atoms with van der Waals surface area (Å²) in [5.74, 6) is -0.279. The van der Waals surface area contributed by atoms with Gasteiger partial charge in [-0.2, -0.15) is 0 Å². The highest BCUT2D eigenvalue weighted by Crippen LogP contribution is 2.34. The second-order valence-electron chi connectivity index (χ2n) is 5.36. The van der Waals surface area contributed by atoms with Crippen molar-refractivity contribution in [3.63, 3.8) is 0 Å². The molecule has 1 aliphatic heterocycles. The van der Waals surface area contributed by atoms with Gasteiger partial charge in [0.25, 0.3) is 0 Å². The summed E-state index contributed by atoms with van der Waals surface area (Å²) in [6.45, 7) is 2.05. The molecule has 0 radical (unpaired) electrons. The van der Waals surface area contributed by atoms with Gasteiger partial charge in [0.05, 0.1) is 18.8 Å². The van der Waals surface area contributed by atoms with Crippen molar-refractivity contribution >= 4 is 17.5 Å². The number of ketones is 2. The molecule has 1 aromatic rings. The van der Waals surface area contributed by atoms with Crippen molar-refractivity contribution in [1.82, 2.24) is 0 Å². The Morgan fingerprint density at radius 3 is 2.59 bits per heavy atom. The van der Waals surface area contributed by atoms with E-state index in [2.05, 4.69) is 0 Å². The first-order valence-corrected chi connectivity index (χ1v) is 7.30. The Hall–Kier alpha value is -2.43. The van der Waals surface area contributed by atoms with Crippen LogP contribution in [0.25, 0.3) is 0 Å². The maximum atomic E-state index is 12.7. The molecule has 5 heteroatoms. The fourth-order valence-electron chi connectivity index (χ4n) is 2.77. The Labute approximate surface area is 127 Å². The maximum Gasteiger partial charge on any atom is 0.305 e. The molecule has 0 aromatic heterocycles. The zero-order valence-corrected chi connectivity index (χ0v) is 12.3. The van der Waals surface area contributed by atoms with E-state index >= 15 is 0 Å². The highest BCUT2D eigenvalue weighted by Gasteiger charge is 2.32. The number of carbonyl (C=O) groups excluding carboxylic acids is 3. The minimum atomic E-state index is -0.314. The first kappa shape index (κ1) is 14.5. The third-order valence-electron chi connectivity index (χ3n) is 3.96. The van der Waals surface area contributed by atoms with Crippen molar-refractivity contribution in [2.24, 2.45) is 0 Å². The average molecular weight is 300 g/mol. The van der Waals surface area contributed by atoms with Crippen molar-refractivity contribution in [2.45, 2.75) is 26.2 Å². The largest absolute Gasteiger partial charge is 0.493 e. The number of carbonyl (C=O) groups is 3. The van der Waals surface area contributed by atoms with Gasteiger partial charge in [-0.3, -0.25) is 14.4 Å². The van der Waals surface area contributed by atoms with E-state index in [0.29, 0.717) is 41.1 Å². The normalized spacial score (nSPS) is 19.0. The molecule has 0 fully saturated rings. The lowest BCUT2D eigenvalue weighted by Gasteiger charge is -2.22. The molecule has 0 atom stereocenters. The third-order valence-corrected chi connectivity index (χ3v) is 3.96.